The van der Waals surface area contributed by atoms with Crippen LogP contribution in [0.3, 0.4) is 0 Å². The minimum absolute atomic E-state index is 0.0336. The van der Waals surface area contributed by atoms with Crippen molar-refractivity contribution < 1.29 is 27.2 Å². The third kappa shape index (κ3) is 4.17. The zero-order valence-corrected chi connectivity index (χ0v) is 18.2. The average molecular weight is 455 g/mol. The van der Waals surface area contributed by atoms with Gasteiger partial charge in [0.1, 0.15) is 17.6 Å². The van der Waals surface area contributed by atoms with Gasteiger partial charge in [-0.15, -0.1) is 0 Å². The predicted octanol–water partition coefficient (Wildman–Crippen LogP) is 3.20. The topological polar surface area (TPSA) is 97.1 Å². The maximum Gasteiger partial charge on any atom is 0.252 e. The molecule has 1 unspecified atom stereocenters. The smallest absolute Gasteiger partial charge is 0.252 e. The van der Waals surface area contributed by atoms with Crippen LogP contribution in [0.25, 0.3) is 0 Å². The van der Waals surface area contributed by atoms with Gasteiger partial charge in [0, 0.05) is 0 Å². The summed E-state index contributed by atoms with van der Waals surface area (Å²) in [7, 11) is -4.08. The van der Waals surface area contributed by atoms with Gasteiger partial charge in [0.15, 0.2) is 0 Å². The van der Waals surface area contributed by atoms with Crippen molar-refractivity contribution in [3.63, 3.8) is 0 Å². The molecule has 0 aliphatic carbocycles. The molecule has 0 bridgehead atoms. The van der Waals surface area contributed by atoms with Gasteiger partial charge in [-0.1, -0.05) is 18.2 Å². The van der Waals surface area contributed by atoms with E-state index in [-0.39, 0.29) is 17.9 Å². The molecule has 2 amide bonds. The van der Waals surface area contributed by atoms with Crippen LogP contribution in [0.5, 0.6) is 5.75 Å². The van der Waals surface area contributed by atoms with Crippen LogP contribution in [0, 0.1) is 0 Å². The van der Waals surface area contributed by atoms with Crippen LogP contribution < -0.4 is 9.64 Å². The highest BCUT2D eigenvalue weighted by Crippen LogP contribution is 2.31. The Bertz CT molecular complexity index is 1190. The third-order valence-corrected chi connectivity index (χ3v) is 6.99. The number of rotatable bonds is 8. The van der Waals surface area contributed by atoms with Crippen molar-refractivity contribution in [3.8, 4) is 5.75 Å². The molecular weight excluding hydrogens is 432 g/mol. The maximum atomic E-state index is 13.4. The van der Waals surface area contributed by atoms with Crippen molar-refractivity contribution in [2.45, 2.75) is 30.8 Å². The van der Waals surface area contributed by atoms with Crippen molar-refractivity contribution in [2.75, 3.05) is 11.5 Å². The van der Waals surface area contributed by atoms with Gasteiger partial charge in [-0.05, 0) is 55.5 Å². The first-order valence-electron chi connectivity index (χ1n) is 10.1. The number of furan rings is 1. The number of benzene rings is 2. The van der Waals surface area contributed by atoms with Crippen molar-refractivity contribution in [1.29, 1.82) is 0 Å². The average Bonchev–Trinajstić information content (AvgIpc) is 3.41. The molecule has 0 saturated carbocycles. The lowest BCUT2D eigenvalue weighted by atomic mass is 10.2. The van der Waals surface area contributed by atoms with Gasteiger partial charge >= 0.3 is 0 Å². The first-order valence-corrected chi connectivity index (χ1v) is 11.5. The molecule has 9 heteroatoms. The lowest BCUT2D eigenvalue weighted by molar-refractivity contribution is -0.122. The second kappa shape index (κ2) is 8.97. The largest absolute Gasteiger partial charge is 0.494 e. The van der Waals surface area contributed by atoms with E-state index in [0.717, 1.165) is 9.21 Å². The van der Waals surface area contributed by atoms with Gasteiger partial charge in [-0.2, -0.15) is 4.31 Å². The van der Waals surface area contributed by atoms with E-state index in [1.54, 1.807) is 54.6 Å². The van der Waals surface area contributed by atoms with E-state index in [2.05, 4.69) is 0 Å². The quantitative estimate of drug-likeness (QED) is 0.485. The molecule has 1 aliphatic heterocycles. The van der Waals surface area contributed by atoms with Crippen LogP contribution in [0.2, 0.25) is 0 Å². The van der Waals surface area contributed by atoms with Gasteiger partial charge in [0.05, 0.1) is 36.4 Å². The molecule has 1 fully saturated rings. The number of ether oxygens (including phenoxy) is 1. The van der Waals surface area contributed by atoms with Crippen LogP contribution in [0.1, 0.15) is 19.1 Å². The lowest BCUT2D eigenvalue weighted by Gasteiger charge is -2.26. The van der Waals surface area contributed by atoms with E-state index in [4.69, 9.17) is 9.15 Å². The molecule has 2 aromatic carbocycles. The number of carbonyl (C=O) groups excluding carboxylic acids is 2. The number of sulfonamides is 1. The number of carbonyl (C=O) groups is 2. The maximum absolute atomic E-state index is 13.4. The molecule has 3 aromatic rings. The zero-order valence-electron chi connectivity index (χ0n) is 17.4. The van der Waals surface area contributed by atoms with Gasteiger partial charge in [0.25, 0.3) is 5.91 Å². The molecule has 1 atom stereocenters. The normalized spacial score (nSPS) is 16.7. The summed E-state index contributed by atoms with van der Waals surface area (Å²) >= 11 is 0. The Morgan fingerprint density at radius 2 is 1.75 bits per heavy atom. The van der Waals surface area contributed by atoms with Crippen LogP contribution in [-0.4, -0.2) is 37.2 Å². The molecular formula is C23H22N2O6S. The second-order valence-corrected chi connectivity index (χ2v) is 9.05. The Morgan fingerprint density at radius 3 is 2.38 bits per heavy atom. The summed E-state index contributed by atoms with van der Waals surface area (Å²) in [5, 5.41) is 0. The number of nitrogens with zero attached hydrogens (tertiary/aromatic N) is 2. The molecule has 32 heavy (non-hydrogen) atoms. The molecule has 1 aliphatic rings. The number of hydrogen-bond donors (Lipinski definition) is 0. The summed E-state index contributed by atoms with van der Waals surface area (Å²) in [5.74, 6) is -0.107. The molecule has 166 valence electrons. The monoisotopic (exact) mass is 454 g/mol. The fraction of sp³-hybridized carbons (Fsp3) is 0.217. The number of anilines is 1. The Balaban J connectivity index is 1.68. The number of hydrogen-bond acceptors (Lipinski definition) is 6. The van der Waals surface area contributed by atoms with Crippen LogP contribution in [0.15, 0.2) is 82.3 Å². The van der Waals surface area contributed by atoms with Crippen molar-refractivity contribution in [1.82, 2.24) is 4.31 Å². The summed E-state index contributed by atoms with van der Waals surface area (Å²) in [5.41, 5.74) is 0.362. The highest BCUT2D eigenvalue weighted by molar-refractivity contribution is 7.89. The minimum atomic E-state index is -4.08. The lowest BCUT2D eigenvalue weighted by Crippen LogP contribution is -2.45. The number of imide groups is 1. The number of amides is 2. The Kier molecular flexibility index (Phi) is 6.11. The summed E-state index contributed by atoms with van der Waals surface area (Å²) in [6, 6.07) is 16.4. The van der Waals surface area contributed by atoms with Crippen molar-refractivity contribution in [2.24, 2.45) is 0 Å². The highest BCUT2D eigenvalue weighted by Gasteiger charge is 2.47. The van der Waals surface area contributed by atoms with Gasteiger partial charge in [0.2, 0.25) is 15.9 Å². The molecule has 0 N–H and O–H groups in total. The fourth-order valence-corrected chi connectivity index (χ4v) is 5.19. The predicted molar refractivity (Wildman–Crippen MR) is 116 cm³/mol. The molecule has 2 heterocycles. The fourth-order valence-electron chi connectivity index (χ4n) is 3.62. The first kappa shape index (κ1) is 21.8. The Hall–Kier alpha value is -3.43. The highest BCUT2D eigenvalue weighted by atomic mass is 32.2. The van der Waals surface area contributed by atoms with Gasteiger partial charge in [-0.25, -0.2) is 13.3 Å². The van der Waals surface area contributed by atoms with Gasteiger partial charge in [-0.3, -0.25) is 9.59 Å². The summed E-state index contributed by atoms with van der Waals surface area (Å²) in [6.45, 7) is 2.17. The molecule has 1 aromatic heterocycles. The summed E-state index contributed by atoms with van der Waals surface area (Å²) in [6.07, 6.45) is 1.16. The van der Waals surface area contributed by atoms with Crippen LogP contribution >= 0.6 is 0 Å². The summed E-state index contributed by atoms with van der Waals surface area (Å²) in [4.78, 5) is 27.2. The van der Waals surface area contributed by atoms with E-state index < -0.39 is 27.9 Å². The van der Waals surface area contributed by atoms with Crippen molar-refractivity contribution >= 4 is 27.5 Å². The van der Waals surface area contributed by atoms with E-state index in [1.807, 2.05) is 6.92 Å². The summed E-state index contributed by atoms with van der Waals surface area (Å²) < 4.78 is 38.7. The van der Waals surface area contributed by atoms with E-state index in [9.17, 15) is 18.0 Å². The van der Waals surface area contributed by atoms with Crippen LogP contribution in [0.4, 0.5) is 5.69 Å². The van der Waals surface area contributed by atoms with Crippen molar-refractivity contribution in [3.05, 3.63) is 78.8 Å². The molecule has 8 nitrogen and oxygen atoms in total. The third-order valence-electron chi connectivity index (χ3n) is 5.12. The second-order valence-electron chi connectivity index (χ2n) is 7.16. The van der Waals surface area contributed by atoms with Crippen LogP contribution in [-0.2, 0) is 26.2 Å². The molecule has 4 rings (SSSR count). The first-order chi connectivity index (χ1) is 15.4. The Labute approximate surface area is 186 Å². The minimum Gasteiger partial charge on any atom is -0.494 e. The van der Waals surface area contributed by atoms with E-state index in [0.29, 0.717) is 23.8 Å². The molecule has 0 spiro atoms. The van der Waals surface area contributed by atoms with E-state index >= 15 is 0 Å². The van der Waals surface area contributed by atoms with Gasteiger partial charge < -0.3 is 9.15 Å². The zero-order chi connectivity index (χ0) is 22.7. The molecule has 1 saturated heterocycles. The SMILES string of the molecule is CCOc1ccc(N2C(=O)CC(N(Cc3ccco3)S(=O)(=O)c3ccccc3)C2=O)cc1. The molecule has 0 radical (unpaired) electrons. The van der Waals surface area contributed by atoms with E-state index in [1.165, 1.54) is 18.4 Å². The standard InChI is InChI=1S/C23H22N2O6S/c1-2-30-18-12-10-17(11-13-18)25-22(26)15-21(23(25)27)24(16-19-7-6-14-31-19)32(28,29)20-8-4-3-5-9-20/h3-14,21H,2,15-16H2,1H3. The Morgan fingerprint density at radius 1 is 1.03 bits per heavy atom.